The van der Waals surface area contributed by atoms with Gasteiger partial charge in [0, 0.05) is 18.5 Å². The van der Waals surface area contributed by atoms with Crippen molar-refractivity contribution in [3.63, 3.8) is 0 Å². The van der Waals surface area contributed by atoms with Gasteiger partial charge in [-0.1, -0.05) is 26.8 Å². The van der Waals surface area contributed by atoms with Crippen LogP contribution in [0.2, 0.25) is 0 Å². The van der Waals surface area contributed by atoms with Crippen LogP contribution >= 0.6 is 0 Å². The summed E-state index contributed by atoms with van der Waals surface area (Å²) in [7, 11) is 0. The molecule has 0 saturated carbocycles. The Labute approximate surface area is 149 Å². The number of fused-ring (bicyclic) bond motifs is 1. The third kappa shape index (κ3) is 3.08. The van der Waals surface area contributed by atoms with Gasteiger partial charge < -0.3 is 20.5 Å². The van der Waals surface area contributed by atoms with Crippen LogP contribution < -0.4 is 10.5 Å². The number of benzene rings is 1. The Morgan fingerprint density at radius 2 is 2.08 bits per heavy atom. The van der Waals surface area contributed by atoms with Gasteiger partial charge in [-0.05, 0) is 48.4 Å². The molecule has 2 heterocycles. The van der Waals surface area contributed by atoms with Crippen molar-refractivity contribution in [1.29, 1.82) is 0 Å². The molecule has 5 nitrogen and oxygen atoms in total. The summed E-state index contributed by atoms with van der Waals surface area (Å²) >= 11 is 0. The number of rotatable bonds is 1. The van der Waals surface area contributed by atoms with E-state index in [0.29, 0.717) is 18.7 Å². The maximum Gasteiger partial charge on any atom is 0.407 e. The Bertz CT molecular complexity index is 746. The third-order valence-electron chi connectivity index (χ3n) is 5.19. The SMILES string of the molecule is Cc1cc(N)c2c(c1C1=CC(C(C)(C)C)N(C(=O)O)CC1)CC(C)O2. The lowest BCUT2D eigenvalue weighted by Gasteiger charge is -2.40. The van der Waals surface area contributed by atoms with Crippen molar-refractivity contribution in [2.45, 2.75) is 59.6 Å². The number of hydrogen-bond donors (Lipinski definition) is 2. The van der Waals surface area contributed by atoms with Crippen molar-refractivity contribution >= 4 is 17.4 Å². The molecule has 25 heavy (non-hydrogen) atoms. The van der Waals surface area contributed by atoms with Crippen molar-refractivity contribution in [3.8, 4) is 5.75 Å². The van der Waals surface area contributed by atoms with E-state index >= 15 is 0 Å². The summed E-state index contributed by atoms with van der Waals surface area (Å²) in [6, 6.07) is 1.82. The van der Waals surface area contributed by atoms with Crippen LogP contribution in [0.1, 0.15) is 50.8 Å². The third-order valence-corrected chi connectivity index (χ3v) is 5.19. The Kier molecular flexibility index (Phi) is 4.21. The van der Waals surface area contributed by atoms with Gasteiger partial charge in [0.1, 0.15) is 11.9 Å². The summed E-state index contributed by atoms with van der Waals surface area (Å²) in [4.78, 5) is 13.2. The van der Waals surface area contributed by atoms with E-state index in [0.717, 1.165) is 17.7 Å². The molecule has 0 spiro atoms. The van der Waals surface area contributed by atoms with Crippen LogP contribution in [0.25, 0.3) is 5.57 Å². The van der Waals surface area contributed by atoms with Crippen LogP contribution in [0.3, 0.4) is 0 Å². The first-order valence-electron chi connectivity index (χ1n) is 8.89. The lowest BCUT2D eigenvalue weighted by atomic mass is 9.79. The minimum atomic E-state index is -0.855. The van der Waals surface area contributed by atoms with Crippen molar-refractivity contribution in [2.75, 3.05) is 12.3 Å². The quantitative estimate of drug-likeness (QED) is 0.753. The maximum atomic E-state index is 11.7. The molecule has 0 bridgehead atoms. The zero-order valence-electron chi connectivity index (χ0n) is 15.7. The average Bonchev–Trinajstić information content (AvgIpc) is 2.88. The van der Waals surface area contributed by atoms with Crippen molar-refractivity contribution in [3.05, 3.63) is 28.8 Å². The molecular weight excluding hydrogens is 316 g/mol. The van der Waals surface area contributed by atoms with E-state index in [1.165, 1.54) is 16.7 Å². The first-order chi connectivity index (χ1) is 11.6. The zero-order valence-corrected chi connectivity index (χ0v) is 15.7. The van der Waals surface area contributed by atoms with Gasteiger partial charge in [-0.15, -0.1) is 0 Å². The number of carboxylic acid groups (broad SMARTS) is 1. The van der Waals surface area contributed by atoms with Crippen LogP contribution in [0.4, 0.5) is 10.5 Å². The largest absolute Gasteiger partial charge is 0.488 e. The second kappa shape index (κ2) is 5.97. The average molecular weight is 344 g/mol. The van der Waals surface area contributed by atoms with Crippen LogP contribution in [0.5, 0.6) is 5.75 Å². The number of anilines is 1. The van der Waals surface area contributed by atoms with Crippen LogP contribution in [0.15, 0.2) is 12.1 Å². The monoisotopic (exact) mass is 344 g/mol. The molecule has 136 valence electrons. The Hall–Kier alpha value is -2.17. The molecule has 3 rings (SSSR count). The van der Waals surface area contributed by atoms with Gasteiger partial charge in [0.2, 0.25) is 0 Å². The summed E-state index contributed by atoms with van der Waals surface area (Å²) in [5, 5.41) is 9.57. The number of ether oxygens (including phenoxy) is 1. The number of amides is 1. The van der Waals surface area contributed by atoms with E-state index in [4.69, 9.17) is 10.5 Å². The molecule has 0 radical (unpaired) electrons. The van der Waals surface area contributed by atoms with Crippen LogP contribution in [-0.4, -0.2) is 34.8 Å². The summed E-state index contributed by atoms with van der Waals surface area (Å²) in [5.74, 6) is 0.807. The summed E-state index contributed by atoms with van der Waals surface area (Å²) in [6.07, 6.45) is 2.96. The molecule has 0 fully saturated rings. The fourth-order valence-electron chi connectivity index (χ4n) is 4.09. The molecular formula is C20H28N2O3. The van der Waals surface area contributed by atoms with E-state index in [9.17, 15) is 9.90 Å². The molecule has 5 heteroatoms. The number of nitrogens with zero attached hydrogens (tertiary/aromatic N) is 1. The van der Waals surface area contributed by atoms with Gasteiger partial charge in [0.15, 0.2) is 0 Å². The van der Waals surface area contributed by atoms with Crippen molar-refractivity contribution in [1.82, 2.24) is 4.90 Å². The first kappa shape index (κ1) is 17.6. The highest BCUT2D eigenvalue weighted by molar-refractivity contribution is 5.80. The van der Waals surface area contributed by atoms with Gasteiger partial charge >= 0.3 is 6.09 Å². The molecule has 0 aliphatic carbocycles. The highest BCUT2D eigenvalue weighted by atomic mass is 16.5. The lowest BCUT2D eigenvalue weighted by Crippen LogP contribution is -2.48. The van der Waals surface area contributed by atoms with Gasteiger partial charge in [0.05, 0.1) is 11.7 Å². The Balaban J connectivity index is 2.12. The predicted molar refractivity (Wildman–Crippen MR) is 100.0 cm³/mol. The molecule has 1 amide bonds. The molecule has 1 aromatic rings. The van der Waals surface area contributed by atoms with E-state index < -0.39 is 6.09 Å². The van der Waals surface area contributed by atoms with Gasteiger partial charge in [-0.3, -0.25) is 0 Å². The van der Waals surface area contributed by atoms with Crippen molar-refractivity contribution in [2.24, 2.45) is 5.41 Å². The van der Waals surface area contributed by atoms with Gasteiger partial charge in [-0.2, -0.15) is 0 Å². The zero-order chi connectivity index (χ0) is 18.5. The molecule has 2 aliphatic heterocycles. The molecule has 2 unspecified atom stereocenters. The van der Waals surface area contributed by atoms with E-state index in [1.807, 2.05) is 6.07 Å². The topological polar surface area (TPSA) is 75.8 Å². The predicted octanol–water partition coefficient (Wildman–Crippen LogP) is 4.08. The van der Waals surface area contributed by atoms with E-state index in [1.54, 1.807) is 4.90 Å². The standard InChI is InChI=1S/C20H28N2O3/c1-11-8-15(21)18-14(9-12(2)25-18)17(11)13-6-7-22(19(23)24)16(10-13)20(3,4)5/h8,10,12,16H,6-7,9,21H2,1-5H3,(H,23,24). The summed E-state index contributed by atoms with van der Waals surface area (Å²) < 4.78 is 5.92. The number of nitrogen functional groups attached to an aromatic ring is 1. The lowest BCUT2D eigenvalue weighted by molar-refractivity contribution is 0.1000. The molecule has 3 N–H and O–H groups in total. The van der Waals surface area contributed by atoms with Crippen LogP contribution in [0, 0.1) is 12.3 Å². The first-order valence-corrected chi connectivity index (χ1v) is 8.89. The fourth-order valence-corrected chi connectivity index (χ4v) is 4.09. The van der Waals surface area contributed by atoms with E-state index in [2.05, 4.69) is 40.7 Å². The number of nitrogens with two attached hydrogens (primary N) is 1. The highest BCUT2D eigenvalue weighted by Gasteiger charge is 2.36. The molecule has 1 aromatic carbocycles. The molecule has 0 saturated heterocycles. The summed E-state index contributed by atoms with van der Waals surface area (Å²) in [6.45, 7) is 10.9. The second-order valence-corrected chi connectivity index (χ2v) is 8.33. The number of hydrogen-bond acceptors (Lipinski definition) is 3. The minimum Gasteiger partial charge on any atom is -0.488 e. The molecule has 2 atom stereocenters. The molecule has 2 aliphatic rings. The van der Waals surface area contributed by atoms with Crippen molar-refractivity contribution < 1.29 is 14.6 Å². The van der Waals surface area contributed by atoms with Gasteiger partial charge in [0.25, 0.3) is 0 Å². The normalized spacial score (nSPS) is 23.1. The Morgan fingerprint density at radius 1 is 1.40 bits per heavy atom. The van der Waals surface area contributed by atoms with Gasteiger partial charge in [-0.25, -0.2) is 4.79 Å². The fraction of sp³-hybridized carbons (Fsp3) is 0.550. The maximum absolute atomic E-state index is 11.7. The van der Waals surface area contributed by atoms with Crippen LogP contribution in [-0.2, 0) is 6.42 Å². The minimum absolute atomic E-state index is 0.121. The second-order valence-electron chi connectivity index (χ2n) is 8.33. The summed E-state index contributed by atoms with van der Waals surface area (Å²) in [5.41, 5.74) is 11.4. The Morgan fingerprint density at radius 3 is 2.68 bits per heavy atom. The number of carbonyl (C=O) groups is 1. The highest BCUT2D eigenvalue weighted by Crippen LogP contribution is 2.44. The smallest absolute Gasteiger partial charge is 0.407 e. The van der Waals surface area contributed by atoms with E-state index in [-0.39, 0.29) is 17.6 Å². The number of aryl methyl sites for hydroxylation is 1. The molecule has 0 aromatic heterocycles.